The molecular formula is C15H16N2O5. The summed E-state index contributed by atoms with van der Waals surface area (Å²) in [7, 11) is 2.76. The highest BCUT2D eigenvalue weighted by Gasteiger charge is 2.35. The molecule has 0 aliphatic carbocycles. The number of urea groups is 1. The highest BCUT2D eigenvalue weighted by atomic mass is 16.5. The van der Waals surface area contributed by atoms with Crippen molar-refractivity contribution in [2.75, 3.05) is 20.8 Å². The van der Waals surface area contributed by atoms with Gasteiger partial charge in [0.1, 0.15) is 18.0 Å². The van der Waals surface area contributed by atoms with Gasteiger partial charge in [0.15, 0.2) is 0 Å². The van der Waals surface area contributed by atoms with E-state index in [1.807, 2.05) is 13.0 Å². The van der Waals surface area contributed by atoms with E-state index in [-0.39, 0.29) is 5.70 Å². The summed E-state index contributed by atoms with van der Waals surface area (Å²) in [5.74, 6) is -0.523. The van der Waals surface area contributed by atoms with E-state index < -0.39 is 24.5 Å². The Bertz CT molecular complexity index is 666. The summed E-state index contributed by atoms with van der Waals surface area (Å²) < 4.78 is 9.58. The van der Waals surface area contributed by atoms with Crippen molar-refractivity contribution in [3.05, 3.63) is 35.0 Å². The second-order valence-corrected chi connectivity index (χ2v) is 4.68. The standard InChI is InChI=1S/C15H16N2O5/c1-9-6-11(21-2)5-4-10(9)7-12-14(19)17(15(20)16-12)8-13(18)22-3/h4-7H,8H2,1-3H3,(H,16,20). The Balaban J connectivity index is 2.24. The van der Waals surface area contributed by atoms with E-state index in [1.165, 1.54) is 7.11 Å². The minimum atomic E-state index is -0.662. The van der Waals surface area contributed by atoms with Crippen molar-refractivity contribution in [3.8, 4) is 5.75 Å². The van der Waals surface area contributed by atoms with Crippen LogP contribution >= 0.6 is 0 Å². The molecule has 3 amide bonds. The lowest BCUT2D eigenvalue weighted by Crippen LogP contribution is -2.36. The molecule has 0 radical (unpaired) electrons. The van der Waals surface area contributed by atoms with Crippen LogP contribution in [0.3, 0.4) is 0 Å². The molecule has 0 atom stereocenters. The van der Waals surface area contributed by atoms with Crippen LogP contribution in [0.5, 0.6) is 5.75 Å². The highest BCUT2D eigenvalue weighted by Crippen LogP contribution is 2.20. The van der Waals surface area contributed by atoms with Crippen LogP contribution in [-0.2, 0) is 14.3 Å². The Morgan fingerprint density at radius 2 is 2.05 bits per heavy atom. The zero-order valence-corrected chi connectivity index (χ0v) is 12.5. The number of nitrogens with zero attached hydrogens (tertiary/aromatic N) is 1. The summed E-state index contributed by atoms with van der Waals surface area (Å²) in [5.41, 5.74) is 1.77. The minimum Gasteiger partial charge on any atom is -0.497 e. The number of esters is 1. The molecule has 7 nitrogen and oxygen atoms in total. The molecule has 0 bridgehead atoms. The van der Waals surface area contributed by atoms with Crippen molar-refractivity contribution >= 4 is 24.0 Å². The molecule has 1 aromatic carbocycles. The van der Waals surface area contributed by atoms with Gasteiger partial charge < -0.3 is 14.8 Å². The van der Waals surface area contributed by atoms with Crippen molar-refractivity contribution in [1.82, 2.24) is 10.2 Å². The second-order valence-electron chi connectivity index (χ2n) is 4.68. The molecule has 1 N–H and O–H groups in total. The van der Waals surface area contributed by atoms with Crippen LogP contribution in [0.4, 0.5) is 4.79 Å². The van der Waals surface area contributed by atoms with Gasteiger partial charge in [0.25, 0.3) is 5.91 Å². The van der Waals surface area contributed by atoms with E-state index in [0.717, 1.165) is 16.0 Å². The van der Waals surface area contributed by atoms with Crippen molar-refractivity contribution in [2.45, 2.75) is 6.92 Å². The van der Waals surface area contributed by atoms with Gasteiger partial charge in [-0.25, -0.2) is 9.69 Å². The number of nitrogens with one attached hydrogen (secondary N) is 1. The van der Waals surface area contributed by atoms with E-state index >= 15 is 0 Å². The van der Waals surface area contributed by atoms with Crippen LogP contribution in [0.15, 0.2) is 23.9 Å². The van der Waals surface area contributed by atoms with Gasteiger partial charge in [0, 0.05) is 0 Å². The molecule has 116 valence electrons. The average molecular weight is 304 g/mol. The molecule has 1 aromatic rings. The fourth-order valence-electron chi connectivity index (χ4n) is 2.00. The zero-order chi connectivity index (χ0) is 16.3. The van der Waals surface area contributed by atoms with Crippen molar-refractivity contribution in [3.63, 3.8) is 0 Å². The van der Waals surface area contributed by atoms with Crippen molar-refractivity contribution in [2.24, 2.45) is 0 Å². The molecule has 1 aliphatic heterocycles. The number of aryl methyl sites for hydroxylation is 1. The van der Waals surface area contributed by atoms with Gasteiger partial charge in [-0.2, -0.15) is 0 Å². The van der Waals surface area contributed by atoms with Gasteiger partial charge >= 0.3 is 12.0 Å². The predicted molar refractivity (Wildman–Crippen MR) is 78.0 cm³/mol. The molecule has 2 rings (SSSR count). The lowest BCUT2D eigenvalue weighted by molar-refractivity contribution is -0.143. The van der Waals surface area contributed by atoms with Crippen LogP contribution in [-0.4, -0.2) is 43.6 Å². The average Bonchev–Trinajstić information content (AvgIpc) is 2.76. The lowest BCUT2D eigenvalue weighted by Gasteiger charge is -2.09. The van der Waals surface area contributed by atoms with Gasteiger partial charge in [-0.15, -0.1) is 0 Å². The van der Waals surface area contributed by atoms with E-state index in [9.17, 15) is 14.4 Å². The van der Waals surface area contributed by atoms with Crippen LogP contribution in [0.1, 0.15) is 11.1 Å². The summed E-state index contributed by atoms with van der Waals surface area (Å²) in [6.07, 6.45) is 1.56. The Morgan fingerprint density at radius 1 is 1.32 bits per heavy atom. The topological polar surface area (TPSA) is 84.9 Å². The number of carbonyl (C=O) groups excluding carboxylic acids is 3. The Morgan fingerprint density at radius 3 is 2.64 bits per heavy atom. The number of methoxy groups -OCH3 is 2. The van der Waals surface area contributed by atoms with E-state index in [0.29, 0.717) is 5.75 Å². The number of hydrogen-bond acceptors (Lipinski definition) is 5. The first-order valence-corrected chi connectivity index (χ1v) is 6.52. The van der Waals surface area contributed by atoms with Gasteiger partial charge in [-0.1, -0.05) is 6.07 Å². The summed E-state index contributed by atoms with van der Waals surface area (Å²) in [6, 6.07) is 4.71. The molecule has 0 unspecified atom stereocenters. The number of hydrogen-bond donors (Lipinski definition) is 1. The Labute approximate surface area is 127 Å². The van der Waals surface area contributed by atoms with Gasteiger partial charge in [0.2, 0.25) is 0 Å². The largest absolute Gasteiger partial charge is 0.497 e. The zero-order valence-electron chi connectivity index (χ0n) is 12.5. The molecule has 0 aromatic heterocycles. The number of imide groups is 1. The third-order valence-corrected chi connectivity index (χ3v) is 3.25. The smallest absolute Gasteiger partial charge is 0.329 e. The maximum absolute atomic E-state index is 12.1. The molecule has 1 heterocycles. The highest BCUT2D eigenvalue weighted by molar-refractivity contribution is 6.15. The summed E-state index contributed by atoms with van der Waals surface area (Å²) in [6.45, 7) is 1.45. The van der Waals surface area contributed by atoms with E-state index in [4.69, 9.17) is 4.74 Å². The maximum Gasteiger partial charge on any atom is 0.329 e. The van der Waals surface area contributed by atoms with Gasteiger partial charge in [-0.3, -0.25) is 9.59 Å². The maximum atomic E-state index is 12.1. The van der Waals surface area contributed by atoms with E-state index in [1.54, 1.807) is 25.3 Å². The normalized spacial score (nSPS) is 16.0. The second kappa shape index (κ2) is 6.30. The first-order chi connectivity index (χ1) is 10.5. The Hall–Kier alpha value is -2.83. The number of rotatable bonds is 4. The van der Waals surface area contributed by atoms with Crippen LogP contribution in [0.25, 0.3) is 6.08 Å². The number of carbonyl (C=O) groups is 3. The molecule has 1 fully saturated rings. The number of amides is 3. The Kier molecular flexibility index (Phi) is 4.45. The fourth-order valence-corrected chi connectivity index (χ4v) is 2.00. The third kappa shape index (κ3) is 3.08. The first-order valence-electron chi connectivity index (χ1n) is 6.52. The van der Waals surface area contributed by atoms with E-state index in [2.05, 4.69) is 10.1 Å². The molecule has 7 heteroatoms. The van der Waals surface area contributed by atoms with Crippen molar-refractivity contribution in [1.29, 1.82) is 0 Å². The van der Waals surface area contributed by atoms with Gasteiger partial charge in [-0.05, 0) is 36.3 Å². The summed E-state index contributed by atoms with van der Waals surface area (Å²) >= 11 is 0. The number of ether oxygens (including phenoxy) is 2. The van der Waals surface area contributed by atoms with Gasteiger partial charge in [0.05, 0.1) is 14.2 Å². The van der Waals surface area contributed by atoms with Crippen LogP contribution in [0, 0.1) is 6.92 Å². The third-order valence-electron chi connectivity index (χ3n) is 3.25. The van der Waals surface area contributed by atoms with Crippen LogP contribution in [0.2, 0.25) is 0 Å². The monoisotopic (exact) mass is 304 g/mol. The molecule has 0 saturated carbocycles. The van der Waals surface area contributed by atoms with Crippen molar-refractivity contribution < 1.29 is 23.9 Å². The predicted octanol–water partition coefficient (Wildman–Crippen LogP) is 1.07. The fraction of sp³-hybridized carbons (Fsp3) is 0.267. The quantitative estimate of drug-likeness (QED) is 0.511. The molecule has 1 aliphatic rings. The van der Waals surface area contributed by atoms with Crippen LogP contribution < -0.4 is 10.1 Å². The summed E-state index contributed by atoms with van der Waals surface area (Å²) in [5, 5.41) is 2.45. The molecular weight excluding hydrogens is 288 g/mol. The summed E-state index contributed by atoms with van der Waals surface area (Å²) in [4.78, 5) is 35.9. The SMILES string of the molecule is COC(=O)CN1C(=O)NC(=Cc2ccc(OC)cc2C)C1=O. The lowest BCUT2D eigenvalue weighted by atomic mass is 10.1. The minimum absolute atomic E-state index is 0.113. The molecule has 22 heavy (non-hydrogen) atoms. The molecule has 0 spiro atoms. The first kappa shape index (κ1) is 15.6. The number of benzene rings is 1. The molecule has 1 saturated heterocycles.